The standard InChI is InChI=1S/C4H10F3NS.H2S/c1-3-8(4-2)9(5,6)7;/h3-4H2,1-2H3;1H2. The van der Waals surface area contributed by atoms with Gasteiger partial charge in [0.1, 0.15) is 0 Å². The zero-order valence-corrected chi connectivity index (χ0v) is 7.72. The van der Waals surface area contributed by atoms with E-state index in [0.717, 1.165) is 0 Å². The van der Waals surface area contributed by atoms with E-state index in [2.05, 4.69) is 0 Å². The molecular formula is C4H12F3NS2. The van der Waals surface area contributed by atoms with E-state index in [9.17, 15) is 11.7 Å². The van der Waals surface area contributed by atoms with Gasteiger partial charge in [-0.1, -0.05) is 13.8 Å². The summed E-state index contributed by atoms with van der Waals surface area (Å²) in [5.41, 5.74) is 0. The van der Waals surface area contributed by atoms with E-state index in [0.29, 0.717) is 4.31 Å². The molecular weight excluding hydrogens is 183 g/mol. The van der Waals surface area contributed by atoms with Gasteiger partial charge < -0.3 is 0 Å². The minimum absolute atomic E-state index is 0. The van der Waals surface area contributed by atoms with Gasteiger partial charge in [0.05, 0.1) is 0 Å². The number of hydrogen-bond acceptors (Lipinski definition) is 1. The Labute approximate surface area is 68.4 Å². The molecule has 0 saturated heterocycles. The molecule has 0 fully saturated rings. The van der Waals surface area contributed by atoms with Gasteiger partial charge >= 0.3 is 0 Å². The lowest BCUT2D eigenvalue weighted by molar-refractivity contribution is 0.416. The monoisotopic (exact) mass is 195 g/mol. The molecule has 0 aliphatic heterocycles. The molecule has 6 heteroatoms. The minimum Gasteiger partial charge on any atom is -0.197 e. The van der Waals surface area contributed by atoms with E-state index in [-0.39, 0.29) is 26.6 Å². The van der Waals surface area contributed by atoms with Crippen LogP contribution in [0.15, 0.2) is 0 Å². The van der Waals surface area contributed by atoms with Crippen LogP contribution >= 0.6 is 24.9 Å². The maximum atomic E-state index is 11.7. The second-order valence-electron chi connectivity index (χ2n) is 1.50. The average Bonchev–Trinajstić information content (AvgIpc) is 1.65. The highest BCUT2D eigenvalue weighted by molar-refractivity contribution is 8.18. The third-order valence-electron chi connectivity index (χ3n) is 0.998. The second kappa shape index (κ2) is 5.15. The summed E-state index contributed by atoms with van der Waals surface area (Å²) in [4.78, 5) is 0. The van der Waals surface area contributed by atoms with Crippen LogP contribution in [0.3, 0.4) is 0 Å². The summed E-state index contributed by atoms with van der Waals surface area (Å²) in [6.07, 6.45) is 0. The fourth-order valence-electron chi connectivity index (χ4n) is 0.516. The molecule has 0 aliphatic rings. The first kappa shape index (κ1) is 13.1. The van der Waals surface area contributed by atoms with Crippen LogP contribution in [-0.4, -0.2) is 17.4 Å². The number of hydrogen-bond donors (Lipinski definition) is 0. The van der Waals surface area contributed by atoms with Crippen molar-refractivity contribution in [3.8, 4) is 0 Å². The molecule has 0 amide bonds. The van der Waals surface area contributed by atoms with E-state index < -0.39 is 11.4 Å². The van der Waals surface area contributed by atoms with Crippen LogP contribution in [0.1, 0.15) is 13.8 Å². The highest BCUT2D eigenvalue weighted by Crippen LogP contribution is 2.55. The molecule has 0 aromatic heterocycles. The van der Waals surface area contributed by atoms with Gasteiger partial charge in [-0.05, 0) is 0 Å². The summed E-state index contributed by atoms with van der Waals surface area (Å²) in [7, 11) is 0. The van der Waals surface area contributed by atoms with Crippen LogP contribution in [0.4, 0.5) is 11.7 Å². The smallest absolute Gasteiger partial charge is 0.197 e. The van der Waals surface area contributed by atoms with Gasteiger partial charge in [0.2, 0.25) is 0 Å². The van der Waals surface area contributed by atoms with Crippen molar-refractivity contribution in [1.82, 2.24) is 4.31 Å². The van der Waals surface area contributed by atoms with Crippen LogP contribution < -0.4 is 0 Å². The van der Waals surface area contributed by atoms with Gasteiger partial charge in [0.25, 0.3) is 11.4 Å². The molecule has 0 rings (SSSR count). The summed E-state index contributed by atoms with van der Waals surface area (Å²) < 4.78 is 35.7. The SMILES string of the molecule is CCN(CC)S(F)(F)F.S. The molecule has 0 aromatic rings. The Morgan fingerprint density at radius 2 is 1.40 bits per heavy atom. The molecule has 0 aliphatic carbocycles. The molecule has 0 atom stereocenters. The van der Waals surface area contributed by atoms with Gasteiger partial charge in [-0.2, -0.15) is 17.8 Å². The van der Waals surface area contributed by atoms with Crippen molar-refractivity contribution < 1.29 is 11.7 Å². The van der Waals surface area contributed by atoms with Crippen molar-refractivity contribution in [2.75, 3.05) is 13.1 Å². The lowest BCUT2D eigenvalue weighted by Gasteiger charge is -2.23. The first-order valence-electron chi connectivity index (χ1n) is 2.69. The van der Waals surface area contributed by atoms with Crippen molar-refractivity contribution >= 4 is 24.9 Å². The number of halogens is 3. The van der Waals surface area contributed by atoms with Crippen LogP contribution in [0.5, 0.6) is 0 Å². The second-order valence-corrected chi connectivity index (χ2v) is 2.78. The third-order valence-corrected chi connectivity index (χ3v) is 2.10. The Hall–Kier alpha value is 0.450. The van der Waals surface area contributed by atoms with E-state index in [1.54, 1.807) is 0 Å². The van der Waals surface area contributed by atoms with Crippen molar-refractivity contribution in [3.63, 3.8) is 0 Å². The van der Waals surface area contributed by atoms with Gasteiger partial charge in [0, 0.05) is 13.1 Å². The number of rotatable bonds is 3. The molecule has 0 spiro atoms. The Morgan fingerprint density at radius 1 is 1.10 bits per heavy atom. The number of nitrogens with zero attached hydrogens (tertiary/aromatic N) is 1. The van der Waals surface area contributed by atoms with E-state index >= 15 is 0 Å². The molecule has 10 heavy (non-hydrogen) atoms. The van der Waals surface area contributed by atoms with Crippen LogP contribution in [0.2, 0.25) is 0 Å². The molecule has 0 bridgehead atoms. The van der Waals surface area contributed by atoms with Crippen LogP contribution in [0, 0.1) is 0 Å². The molecule has 0 radical (unpaired) electrons. The summed E-state index contributed by atoms with van der Waals surface area (Å²) in [6, 6.07) is 0. The fraction of sp³-hybridized carbons (Fsp3) is 1.00. The maximum Gasteiger partial charge on any atom is 0.278 e. The van der Waals surface area contributed by atoms with Gasteiger partial charge in [-0.3, -0.25) is 0 Å². The molecule has 0 N–H and O–H groups in total. The largest absolute Gasteiger partial charge is 0.278 e. The van der Waals surface area contributed by atoms with Crippen molar-refractivity contribution in [2.24, 2.45) is 0 Å². The molecule has 0 heterocycles. The topological polar surface area (TPSA) is 3.24 Å². The molecule has 66 valence electrons. The Bertz CT molecular complexity index is 81.1. The zero-order valence-electron chi connectivity index (χ0n) is 5.90. The summed E-state index contributed by atoms with van der Waals surface area (Å²) in [6.45, 7) is 3.14. The van der Waals surface area contributed by atoms with Gasteiger partial charge in [-0.25, -0.2) is 0 Å². The summed E-state index contributed by atoms with van der Waals surface area (Å²) in [5.74, 6) is 0. The fourth-order valence-corrected chi connectivity index (χ4v) is 1.10. The highest BCUT2D eigenvalue weighted by atomic mass is 32.3. The van der Waals surface area contributed by atoms with Crippen molar-refractivity contribution in [1.29, 1.82) is 0 Å². The average molecular weight is 195 g/mol. The summed E-state index contributed by atoms with van der Waals surface area (Å²) >= 11 is -4.93. The minimum atomic E-state index is -4.93. The quantitative estimate of drug-likeness (QED) is 0.669. The Morgan fingerprint density at radius 3 is 1.40 bits per heavy atom. The third kappa shape index (κ3) is 4.29. The van der Waals surface area contributed by atoms with E-state index in [1.807, 2.05) is 0 Å². The van der Waals surface area contributed by atoms with E-state index in [4.69, 9.17) is 0 Å². The lowest BCUT2D eigenvalue weighted by Crippen LogP contribution is -2.19. The van der Waals surface area contributed by atoms with Crippen molar-refractivity contribution in [3.05, 3.63) is 0 Å². The predicted octanol–water partition coefficient (Wildman–Crippen LogP) is 2.81. The first-order valence-corrected chi connectivity index (χ1v) is 3.98. The van der Waals surface area contributed by atoms with Crippen LogP contribution in [-0.2, 0) is 0 Å². The van der Waals surface area contributed by atoms with E-state index in [1.165, 1.54) is 13.8 Å². The van der Waals surface area contributed by atoms with Crippen LogP contribution in [0.25, 0.3) is 0 Å². The molecule has 1 nitrogen and oxygen atoms in total. The Kier molecular flexibility index (Phi) is 6.73. The van der Waals surface area contributed by atoms with Gasteiger partial charge in [0.15, 0.2) is 0 Å². The molecule has 0 saturated carbocycles. The lowest BCUT2D eigenvalue weighted by atomic mass is 10.7. The molecule has 0 aromatic carbocycles. The first-order chi connectivity index (χ1) is 4.02. The normalized spacial score (nSPS) is 13.0. The Balaban J connectivity index is 0. The highest BCUT2D eigenvalue weighted by Gasteiger charge is 2.27. The van der Waals surface area contributed by atoms with Gasteiger partial charge in [-0.15, -0.1) is 11.7 Å². The van der Waals surface area contributed by atoms with Crippen molar-refractivity contribution in [2.45, 2.75) is 13.8 Å². The summed E-state index contributed by atoms with van der Waals surface area (Å²) in [5, 5.41) is 0. The predicted molar refractivity (Wildman–Crippen MR) is 44.2 cm³/mol. The zero-order chi connectivity index (χ0) is 7.49. The molecule has 0 unspecified atom stereocenters. The maximum absolute atomic E-state index is 11.7.